The summed E-state index contributed by atoms with van der Waals surface area (Å²) in [6.45, 7) is 6.80. The molecule has 3 N–H and O–H groups in total. The van der Waals surface area contributed by atoms with Crippen LogP contribution in [0, 0.1) is 41.7 Å². The summed E-state index contributed by atoms with van der Waals surface area (Å²) in [7, 11) is 0. The van der Waals surface area contributed by atoms with Crippen LogP contribution in [0.15, 0.2) is 36.5 Å². The van der Waals surface area contributed by atoms with Gasteiger partial charge in [-0.15, -0.1) is 0 Å². The summed E-state index contributed by atoms with van der Waals surface area (Å²) in [5.74, 6) is -1.98. The minimum absolute atomic E-state index is 0. The molecule has 0 spiro atoms. The molecule has 0 radical (unpaired) electrons. The molecule has 0 aromatic heterocycles. The summed E-state index contributed by atoms with van der Waals surface area (Å²) in [6, 6.07) is 0. The number of carboxylic acids is 3. The first-order valence-corrected chi connectivity index (χ1v) is 28.9. The van der Waals surface area contributed by atoms with Crippen molar-refractivity contribution in [3.8, 4) is 0 Å². The normalized spacial score (nSPS) is 11.1. The molecular weight excluding hydrogens is 957 g/mol. The molecule has 0 aliphatic rings. The fraction of sp³-hybridized carbons (Fsp3) is 0.850. The zero-order chi connectivity index (χ0) is 48.9. The van der Waals surface area contributed by atoms with Gasteiger partial charge >= 0.3 is 17.9 Å². The van der Waals surface area contributed by atoms with Crippen molar-refractivity contribution in [2.24, 2.45) is 0 Å². The molecular formula is C60H114CeO6. The van der Waals surface area contributed by atoms with Crippen LogP contribution in [-0.4, -0.2) is 33.2 Å². The second-order valence-corrected chi connectivity index (χ2v) is 19.3. The van der Waals surface area contributed by atoms with Crippen molar-refractivity contribution in [1.29, 1.82) is 0 Å². The third-order valence-corrected chi connectivity index (χ3v) is 12.5. The second kappa shape index (κ2) is 69.3. The summed E-state index contributed by atoms with van der Waals surface area (Å²) in [5, 5.41) is 25.6. The molecule has 67 heavy (non-hydrogen) atoms. The molecule has 0 rings (SSSR count). The van der Waals surface area contributed by atoms with Crippen LogP contribution >= 0.6 is 0 Å². The molecule has 0 amide bonds. The van der Waals surface area contributed by atoms with Crippen molar-refractivity contribution < 1.29 is 71.5 Å². The molecule has 6 nitrogen and oxygen atoms in total. The topological polar surface area (TPSA) is 112 Å². The van der Waals surface area contributed by atoms with E-state index in [0.29, 0.717) is 19.3 Å². The van der Waals surface area contributed by atoms with E-state index in [-0.39, 0.29) is 41.7 Å². The Kier molecular flexibility index (Phi) is 75.0. The number of allylic oxidation sites excluding steroid dienone is 6. The third kappa shape index (κ3) is 82.3. The SMILES string of the molecule is CCCCCCCC/C=C\CCCCCCCCCC(=O)O.CCCCCCCC/C=C\CCCCCCCCCC(=O)O.CCCCCCCC/C=C\CCCCCCCCCC(=O)O.[Ce]. The Morgan fingerprint density at radius 2 is 0.373 bits per heavy atom. The number of carboxylic acid groups (broad SMARTS) is 3. The Hall–Kier alpha value is -0.993. The van der Waals surface area contributed by atoms with E-state index in [1.54, 1.807) is 0 Å². The van der Waals surface area contributed by atoms with Crippen molar-refractivity contribution in [3.05, 3.63) is 36.5 Å². The largest absolute Gasteiger partial charge is 0.481 e. The van der Waals surface area contributed by atoms with Crippen molar-refractivity contribution in [1.82, 2.24) is 0 Å². The number of rotatable bonds is 51. The Bertz CT molecular complexity index is 911. The molecule has 0 aliphatic carbocycles. The Morgan fingerprint density at radius 1 is 0.239 bits per heavy atom. The first-order chi connectivity index (χ1) is 32.3. The van der Waals surface area contributed by atoms with Crippen molar-refractivity contribution in [2.45, 2.75) is 329 Å². The average Bonchev–Trinajstić information content (AvgIpc) is 3.29. The summed E-state index contributed by atoms with van der Waals surface area (Å²) < 4.78 is 0. The van der Waals surface area contributed by atoms with Crippen LogP contribution in [0.1, 0.15) is 329 Å². The maximum absolute atomic E-state index is 10.4. The maximum Gasteiger partial charge on any atom is 0.303 e. The van der Waals surface area contributed by atoms with E-state index < -0.39 is 17.9 Å². The molecule has 0 aliphatic heterocycles. The van der Waals surface area contributed by atoms with E-state index >= 15 is 0 Å². The smallest absolute Gasteiger partial charge is 0.303 e. The van der Waals surface area contributed by atoms with Gasteiger partial charge in [0.25, 0.3) is 0 Å². The van der Waals surface area contributed by atoms with Crippen LogP contribution in [0.3, 0.4) is 0 Å². The van der Waals surface area contributed by atoms with Gasteiger partial charge in [0.1, 0.15) is 0 Å². The quantitative estimate of drug-likeness (QED) is 0.0413. The molecule has 0 aromatic carbocycles. The Morgan fingerprint density at radius 3 is 0.522 bits per heavy atom. The van der Waals surface area contributed by atoms with Gasteiger partial charge in [-0.25, -0.2) is 0 Å². The first-order valence-electron chi connectivity index (χ1n) is 28.9. The molecule has 0 atom stereocenters. The summed E-state index contributed by atoms with van der Waals surface area (Å²) in [5.41, 5.74) is 0. The minimum atomic E-state index is -0.659. The van der Waals surface area contributed by atoms with Crippen LogP contribution in [0.25, 0.3) is 0 Å². The number of hydrogen-bond donors (Lipinski definition) is 3. The van der Waals surface area contributed by atoms with Gasteiger partial charge in [-0.3, -0.25) is 14.4 Å². The second-order valence-electron chi connectivity index (χ2n) is 19.3. The van der Waals surface area contributed by atoms with Crippen LogP contribution in [0.5, 0.6) is 0 Å². The maximum atomic E-state index is 10.4. The van der Waals surface area contributed by atoms with Crippen molar-refractivity contribution >= 4 is 17.9 Å². The van der Waals surface area contributed by atoms with Crippen LogP contribution in [0.2, 0.25) is 0 Å². The van der Waals surface area contributed by atoms with E-state index in [2.05, 4.69) is 57.2 Å². The standard InChI is InChI=1S/3C20H38O2.Ce/c3*1-2-3-4-5-6-7-8-9-10-11-12-13-14-15-16-17-18-19-20(21)22;/h3*9-10H,2-8,11-19H2,1H3,(H,21,22);/b3*10-9-;. The Balaban J connectivity index is -0.000000441. The summed E-state index contributed by atoms with van der Waals surface area (Å²) in [4.78, 5) is 31.1. The average molecular weight is 1070 g/mol. The monoisotopic (exact) mass is 1070 g/mol. The number of carbonyl (C=O) groups is 3. The molecule has 394 valence electrons. The number of hydrogen-bond acceptors (Lipinski definition) is 3. The molecule has 0 aromatic rings. The van der Waals surface area contributed by atoms with E-state index in [4.69, 9.17) is 15.3 Å². The van der Waals surface area contributed by atoms with Gasteiger partial charge in [-0.2, -0.15) is 0 Å². The van der Waals surface area contributed by atoms with Gasteiger partial charge in [-0.05, 0) is 96.3 Å². The summed E-state index contributed by atoms with van der Waals surface area (Å²) >= 11 is 0. The Labute approximate surface area is 451 Å². The number of unbranched alkanes of at least 4 members (excludes halogenated alkanes) is 39. The molecule has 0 fully saturated rings. The fourth-order valence-corrected chi connectivity index (χ4v) is 8.10. The molecule has 0 saturated heterocycles. The van der Waals surface area contributed by atoms with Crippen molar-refractivity contribution in [3.63, 3.8) is 0 Å². The predicted octanol–water partition coefficient (Wildman–Crippen LogP) is 20.7. The van der Waals surface area contributed by atoms with E-state index in [9.17, 15) is 14.4 Å². The predicted molar refractivity (Wildman–Crippen MR) is 289 cm³/mol. The van der Waals surface area contributed by atoms with Gasteiger partial charge in [0.15, 0.2) is 0 Å². The van der Waals surface area contributed by atoms with Crippen LogP contribution < -0.4 is 0 Å². The zero-order valence-corrected chi connectivity index (χ0v) is 48.1. The van der Waals surface area contributed by atoms with Gasteiger partial charge in [-0.1, -0.05) is 250 Å². The minimum Gasteiger partial charge on any atom is -0.481 e. The van der Waals surface area contributed by atoms with Crippen LogP contribution in [0.4, 0.5) is 0 Å². The molecule has 0 saturated carbocycles. The summed E-state index contributed by atoms with van der Waals surface area (Å²) in [6.07, 6.45) is 72.5. The van der Waals surface area contributed by atoms with Gasteiger partial charge in [0.2, 0.25) is 0 Å². The van der Waals surface area contributed by atoms with Gasteiger partial charge in [0, 0.05) is 61.0 Å². The number of aliphatic carboxylic acids is 3. The van der Waals surface area contributed by atoms with Crippen molar-refractivity contribution in [2.75, 3.05) is 0 Å². The molecule has 0 bridgehead atoms. The van der Waals surface area contributed by atoms with E-state index in [1.165, 1.54) is 250 Å². The van der Waals surface area contributed by atoms with Gasteiger partial charge < -0.3 is 15.3 Å². The molecule has 0 heterocycles. The van der Waals surface area contributed by atoms with E-state index in [0.717, 1.165) is 38.5 Å². The first kappa shape index (κ1) is 72.5. The fourth-order valence-electron chi connectivity index (χ4n) is 8.10. The van der Waals surface area contributed by atoms with E-state index in [1.807, 2.05) is 0 Å². The van der Waals surface area contributed by atoms with Crippen LogP contribution in [-0.2, 0) is 14.4 Å². The third-order valence-electron chi connectivity index (χ3n) is 12.5. The molecule has 7 heteroatoms. The van der Waals surface area contributed by atoms with Gasteiger partial charge in [0.05, 0.1) is 0 Å². The molecule has 0 unspecified atom stereocenters. The zero-order valence-electron chi connectivity index (χ0n) is 45.0.